The first-order valence-electron chi connectivity index (χ1n) is 9.00. The number of ketones is 1. The highest BCUT2D eigenvalue weighted by Crippen LogP contribution is 2.31. The number of aromatic nitrogens is 1. The summed E-state index contributed by atoms with van der Waals surface area (Å²) in [6.07, 6.45) is 1.64. The number of hydrogen-bond acceptors (Lipinski definition) is 6. The number of carbonyl (C=O) groups is 1. The third-order valence-electron chi connectivity index (χ3n) is 4.46. The predicted molar refractivity (Wildman–Crippen MR) is 109 cm³/mol. The second kappa shape index (κ2) is 7.67. The average molecular weight is 389 g/mol. The van der Waals surface area contributed by atoms with E-state index in [2.05, 4.69) is 4.98 Å². The summed E-state index contributed by atoms with van der Waals surface area (Å²) in [5, 5.41) is 0. The Morgan fingerprint density at radius 2 is 1.76 bits per heavy atom. The van der Waals surface area contributed by atoms with E-state index in [0.717, 1.165) is 5.76 Å². The van der Waals surface area contributed by atoms with Crippen LogP contribution in [0.5, 0.6) is 11.5 Å². The Morgan fingerprint density at radius 3 is 2.45 bits per heavy atom. The summed E-state index contributed by atoms with van der Waals surface area (Å²) in [7, 11) is 3.07. The van der Waals surface area contributed by atoms with Crippen molar-refractivity contribution >= 4 is 28.5 Å². The van der Waals surface area contributed by atoms with Crippen molar-refractivity contribution in [2.45, 2.75) is 6.92 Å². The molecule has 146 valence electrons. The Bertz CT molecular complexity index is 1180. The number of rotatable bonds is 6. The van der Waals surface area contributed by atoms with Gasteiger partial charge in [0.25, 0.3) is 0 Å². The highest BCUT2D eigenvalue weighted by atomic mass is 16.5. The van der Waals surface area contributed by atoms with Crippen molar-refractivity contribution in [1.29, 1.82) is 0 Å². The highest BCUT2D eigenvalue weighted by Gasteiger charge is 2.22. The Balaban J connectivity index is 1.84. The van der Waals surface area contributed by atoms with Gasteiger partial charge < -0.3 is 18.3 Å². The lowest BCUT2D eigenvalue weighted by Gasteiger charge is -2.09. The molecule has 4 rings (SSSR count). The zero-order chi connectivity index (χ0) is 20.4. The number of ether oxygens (including phenoxy) is 2. The molecule has 6 heteroatoms. The van der Waals surface area contributed by atoms with Crippen molar-refractivity contribution in [3.63, 3.8) is 0 Å². The second-order valence-electron chi connectivity index (χ2n) is 6.39. The van der Waals surface area contributed by atoms with Crippen LogP contribution >= 0.6 is 0 Å². The van der Waals surface area contributed by atoms with Crippen LogP contribution in [0.15, 0.2) is 63.4 Å². The quantitative estimate of drug-likeness (QED) is 0.334. The molecule has 0 unspecified atom stereocenters. The van der Waals surface area contributed by atoms with Gasteiger partial charge in [0.15, 0.2) is 22.9 Å². The number of carbonyl (C=O) groups excluding carboxylic acids is 1. The molecular formula is C23H19NO5. The van der Waals surface area contributed by atoms with Gasteiger partial charge in [-0.05, 0) is 55.5 Å². The molecule has 2 aromatic heterocycles. The summed E-state index contributed by atoms with van der Waals surface area (Å²) < 4.78 is 22.1. The van der Waals surface area contributed by atoms with Gasteiger partial charge in [-0.15, -0.1) is 0 Å². The molecule has 0 aliphatic heterocycles. The maximum Gasteiger partial charge on any atom is 0.231 e. The van der Waals surface area contributed by atoms with Crippen molar-refractivity contribution in [3.05, 3.63) is 77.6 Å². The van der Waals surface area contributed by atoms with Crippen LogP contribution in [0.2, 0.25) is 0 Å². The lowest BCUT2D eigenvalue weighted by atomic mass is 10.0. The first-order chi connectivity index (χ1) is 14.1. The number of methoxy groups -OCH3 is 2. The van der Waals surface area contributed by atoms with Gasteiger partial charge in [0, 0.05) is 5.56 Å². The van der Waals surface area contributed by atoms with E-state index in [1.807, 2.05) is 31.2 Å². The van der Waals surface area contributed by atoms with Crippen LogP contribution < -0.4 is 9.47 Å². The average Bonchev–Trinajstić information content (AvgIpc) is 3.36. The lowest BCUT2D eigenvalue weighted by Crippen LogP contribution is -2.04. The number of hydrogen-bond donors (Lipinski definition) is 0. The lowest BCUT2D eigenvalue weighted by molar-refractivity contribution is 0.105. The minimum atomic E-state index is -0.272. The molecule has 0 spiro atoms. The normalized spacial score (nSPS) is 11.6. The molecule has 2 heterocycles. The van der Waals surface area contributed by atoms with Crippen LogP contribution in [0.25, 0.3) is 22.7 Å². The van der Waals surface area contributed by atoms with Crippen molar-refractivity contribution in [1.82, 2.24) is 4.98 Å². The van der Waals surface area contributed by atoms with Gasteiger partial charge in [-0.1, -0.05) is 12.1 Å². The fraction of sp³-hybridized carbons (Fsp3) is 0.130. The zero-order valence-corrected chi connectivity index (χ0v) is 16.3. The topological polar surface area (TPSA) is 74.7 Å². The molecule has 2 aromatic carbocycles. The molecule has 0 saturated heterocycles. The minimum absolute atomic E-state index is 0.222. The summed E-state index contributed by atoms with van der Waals surface area (Å²) in [6, 6.07) is 16.0. The van der Waals surface area contributed by atoms with E-state index < -0.39 is 0 Å². The van der Waals surface area contributed by atoms with E-state index in [1.54, 1.807) is 43.5 Å². The first-order valence-corrected chi connectivity index (χ1v) is 9.00. The minimum Gasteiger partial charge on any atom is -0.493 e. The van der Waals surface area contributed by atoms with Gasteiger partial charge in [0.05, 0.1) is 19.8 Å². The third kappa shape index (κ3) is 3.65. The van der Waals surface area contributed by atoms with Crippen LogP contribution in [-0.2, 0) is 0 Å². The predicted octanol–water partition coefficient (Wildman–Crippen LogP) is 5.17. The van der Waals surface area contributed by atoms with E-state index in [9.17, 15) is 4.79 Å². The Morgan fingerprint density at radius 1 is 0.966 bits per heavy atom. The van der Waals surface area contributed by atoms with Crippen molar-refractivity contribution < 1.29 is 23.1 Å². The molecule has 6 nitrogen and oxygen atoms in total. The molecule has 4 aromatic rings. The monoisotopic (exact) mass is 389 g/mol. The number of aryl methyl sites for hydroxylation is 1. The number of fused-ring (bicyclic) bond motifs is 1. The molecule has 0 bridgehead atoms. The molecule has 0 saturated carbocycles. The summed E-state index contributed by atoms with van der Waals surface area (Å²) >= 11 is 0. The van der Waals surface area contributed by atoms with Gasteiger partial charge in [-0.25, -0.2) is 4.98 Å². The Labute approximate surface area is 167 Å². The number of Topliss-reactive ketones (excluding diaryl/α,β-unsaturated/α-hetero) is 1. The van der Waals surface area contributed by atoms with Crippen molar-refractivity contribution in [2.24, 2.45) is 0 Å². The molecule has 0 amide bonds. The summed E-state index contributed by atoms with van der Waals surface area (Å²) in [5.74, 6) is 2.23. The summed E-state index contributed by atoms with van der Waals surface area (Å²) in [4.78, 5) is 17.9. The smallest absolute Gasteiger partial charge is 0.231 e. The van der Waals surface area contributed by atoms with Gasteiger partial charge in [-0.2, -0.15) is 0 Å². The fourth-order valence-corrected chi connectivity index (χ4v) is 3.02. The van der Waals surface area contributed by atoms with E-state index in [0.29, 0.717) is 33.9 Å². The van der Waals surface area contributed by atoms with E-state index in [4.69, 9.17) is 18.3 Å². The van der Waals surface area contributed by atoms with E-state index in [1.165, 1.54) is 7.11 Å². The van der Waals surface area contributed by atoms with Crippen LogP contribution in [0, 0.1) is 6.92 Å². The number of nitrogens with zero attached hydrogens (tertiary/aromatic N) is 1. The Hall–Kier alpha value is -3.80. The standard InChI is InChI=1S/C23H19NO5/c1-14-8-10-16(28-14)13-17(23-24-18-6-4-5-7-19(18)29-23)22(25)15-9-11-20(26-2)21(12-15)27-3/h4-13H,1-3H3/b17-13-. The molecule has 29 heavy (non-hydrogen) atoms. The van der Waals surface area contributed by atoms with Crippen LogP contribution in [0.4, 0.5) is 0 Å². The van der Waals surface area contributed by atoms with E-state index >= 15 is 0 Å². The van der Waals surface area contributed by atoms with Crippen molar-refractivity contribution in [2.75, 3.05) is 14.2 Å². The molecular weight excluding hydrogens is 370 g/mol. The van der Waals surface area contributed by atoms with Crippen LogP contribution in [0.3, 0.4) is 0 Å². The fourth-order valence-electron chi connectivity index (χ4n) is 3.02. The number of furan rings is 1. The zero-order valence-electron chi connectivity index (χ0n) is 16.3. The third-order valence-corrected chi connectivity index (χ3v) is 4.46. The summed E-state index contributed by atoms with van der Waals surface area (Å²) in [5.41, 5.74) is 1.97. The largest absolute Gasteiger partial charge is 0.493 e. The van der Waals surface area contributed by atoms with Gasteiger partial charge in [0.2, 0.25) is 5.89 Å². The number of benzene rings is 2. The van der Waals surface area contributed by atoms with Crippen molar-refractivity contribution in [3.8, 4) is 11.5 Å². The molecule has 0 radical (unpaired) electrons. The van der Waals surface area contributed by atoms with Gasteiger partial charge in [0.1, 0.15) is 17.0 Å². The van der Waals surface area contributed by atoms with Crippen LogP contribution in [0.1, 0.15) is 27.8 Å². The van der Waals surface area contributed by atoms with Gasteiger partial charge in [-0.3, -0.25) is 4.79 Å². The SMILES string of the molecule is COc1ccc(C(=O)/C(=C/c2ccc(C)o2)c2nc3ccccc3o2)cc1OC. The molecule has 0 N–H and O–H groups in total. The van der Waals surface area contributed by atoms with Gasteiger partial charge >= 0.3 is 0 Å². The second-order valence-corrected chi connectivity index (χ2v) is 6.39. The first kappa shape index (κ1) is 18.6. The molecule has 0 aliphatic rings. The maximum absolute atomic E-state index is 13.4. The molecule has 0 aliphatic carbocycles. The summed E-state index contributed by atoms with van der Waals surface area (Å²) in [6.45, 7) is 1.84. The number of para-hydroxylation sites is 2. The van der Waals surface area contributed by atoms with Crippen LogP contribution in [-0.4, -0.2) is 25.0 Å². The molecule has 0 fully saturated rings. The Kier molecular flexibility index (Phi) is 4.91. The number of oxazole rings is 1. The number of allylic oxidation sites excluding steroid dienone is 1. The maximum atomic E-state index is 13.4. The highest BCUT2D eigenvalue weighted by molar-refractivity contribution is 6.31. The molecule has 0 atom stereocenters. The van der Waals surface area contributed by atoms with E-state index in [-0.39, 0.29) is 17.2 Å².